The zero-order chi connectivity index (χ0) is 11.7. The average Bonchev–Trinajstić information content (AvgIpc) is 3.01. The highest BCUT2D eigenvalue weighted by Crippen LogP contribution is 2.29. The summed E-state index contributed by atoms with van der Waals surface area (Å²) in [4.78, 5) is 11.2. The Bertz CT molecular complexity index is 408. The van der Waals surface area contributed by atoms with Crippen LogP contribution in [0.3, 0.4) is 0 Å². The smallest absolute Gasteiger partial charge is 0.248 e. The molecule has 0 aromatic heterocycles. The van der Waals surface area contributed by atoms with E-state index >= 15 is 0 Å². The van der Waals surface area contributed by atoms with Gasteiger partial charge in [-0.3, -0.25) is 4.79 Å². The maximum Gasteiger partial charge on any atom is 0.248 e. The third-order valence-corrected chi connectivity index (χ3v) is 2.71. The molecular weight excluding hydrogens is 202 g/mol. The first-order valence-corrected chi connectivity index (χ1v) is 5.67. The summed E-state index contributed by atoms with van der Waals surface area (Å²) in [6, 6.07) is 5.56. The number of benzene rings is 1. The third-order valence-electron chi connectivity index (χ3n) is 2.71. The van der Waals surface area contributed by atoms with Crippen LogP contribution in [0.4, 0.5) is 0 Å². The van der Waals surface area contributed by atoms with Gasteiger partial charge in [0.25, 0.3) is 0 Å². The summed E-state index contributed by atoms with van der Waals surface area (Å²) in [5, 5.41) is 0. The first-order valence-electron chi connectivity index (χ1n) is 5.67. The lowest BCUT2D eigenvalue weighted by Crippen LogP contribution is -2.12. The van der Waals surface area contributed by atoms with E-state index in [1.165, 1.54) is 0 Å². The monoisotopic (exact) mass is 219 g/mol. The first kappa shape index (κ1) is 11.0. The van der Waals surface area contributed by atoms with Gasteiger partial charge in [0.2, 0.25) is 5.91 Å². The number of amides is 1. The molecule has 3 heteroatoms. The molecule has 86 valence electrons. The van der Waals surface area contributed by atoms with Gasteiger partial charge in [0.05, 0.1) is 6.10 Å². The molecule has 1 fully saturated rings. The van der Waals surface area contributed by atoms with Crippen LogP contribution in [0.15, 0.2) is 18.2 Å². The molecule has 0 bridgehead atoms. The molecule has 0 saturated heterocycles. The minimum Gasteiger partial charge on any atom is -0.490 e. The Balaban J connectivity index is 2.31. The number of hydrogen-bond acceptors (Lipinski definition) is 2. The Hall–Kier alpha value is -1.51. The van der Waals surface area contributed by atoms with Crippen molar-refractivity contribution < 1.29 is 9.53 Å². The SMILES string of the molecule is CC(C)c1cc(OC2CC2)cc(C(N)=O)c1. The van der Waals surface area contributed by atoms with Crippen LogP contribution >= 0.6 is 0 Å². The van der Waals surface area contributed by atoms with Crippen molar-refractivity contribution in [1.82, 2.24) is 0 Å². The quantitative estimate of drug-likeness (QED) is 0.845. The van der Waals surface area contributed by atoms with Gasteiger partial charge in [0, 0.05) is 5.56 Å². The minimum absolute atomic E-state index is 0.336. The molecule has 2 rings (SSSR count). The summed E-state index contributed by atoms with van der Waals surface area (Å²) in [5.74, 6) is 0.728. The van der Waals surface area contributed by atoms with Gasteiger partial charge < -0.3 is 10.5 Å². The molecule has 0 unspecified atom stereocenters. The lowest BCUT2D eigenvalue weighted by atomic mass is 10.00. The molecule has 0 aliphatic heterocycles. The van der Waals surface area contributed by atoms with Gasteiger partial charge >= 0.3 is 0 Å². The largest absolute Gasteiger partial charge is 0.490 e. The van der Waals surface area contributed by atoms with Gasteiger partial charge in [-0.25, -0.2) is 0 Å². The Kier molecular flexibility index (Phi) is 2.86. The van der Waals surface area contributed by atoms with E-state index in [0.717, 1.165) is 24.2 Å². The fourth-order valence-electron chi connectivity index (χ4n) is 1.54. The predicted molar refractivity (Wildman–Crippen MR) is 62.7 cm³/mol. The highest BCUT2D eigenvalue weighted by atomic mass is 16.5. The topological polar surface area (TPSA) is 52.3 Å². The van der Waals surface area contributed by atoms with Crippen molar-refractivity contribution in [2.45, 2.75) is 38.7 Å². The average molecular weight is 219 g/mol. The number of hydrogen-bond donors (Lipinski definition) is 1. The van der Waals surface area contributed by atoms with Crippen molar-refractivity contribution in [3.63, 3.8) is 0 Å². The van der Waals surface area contributed by atoms with Gasteiger partial charge in [-0.15, -0.1) is 0 Å². The van der Waals surface area contributed by atoms with Crippen LogP contribution in [0.1, 0.15) is 48.5 Å². The summed E-state index contributed by atoms with van der Waals surface area (Å²) in [7, 11) is 0. The standard InChI is InChI=1S/C13H17NO2/c1-8(2)9-5-10(13(14)15)7-12(6-9)16-11-3-4-11/h5-8,11H,3-4H2,1-2H3,(H2,14,15). The van der Waals surface area contributed by atoms with Crippen molar-refractivity contribution in [2.75, 3.05) is 0 Å². The molecular formula is C13H17NO2. The second-order valence-electron chi connectivity index (χ2n) is 4.63. The molecule has 0 spiro atoms. The molecule has 1 amide bonds. The van der Waals surface area contributed by atoms with Crippen molar-refractivity contribution in [3.8, 4) is 5.75 Å². The van der Waals surface area contributed by atoms with Crippen LogP contribution < -0.4 is 10.5 Å². The predicted octanol–water partition coefficient (Wildman–Crippen LogP) is 2.45. The highest BCUT2D eigenvalue weighted by Gasteiger charge is 2.24. The fraction of sp³-hybridized carbons (Fsp3) is 0.462. The Morgan fingerprint density at radius 3 is 2.56 bits per heavy atom. The van der Waals surface area contributed by atoms with Crippen molar-refractivity contribution in [1.29, 1.82) is 0 Å². The van der Waals surface area contributed by atoms with E-state index in [9.17, 15) is 4.79 Å². The Labute approximate surface area is 95.6 Å². The molecule has 0 atom stereocenters. The number of carbonyl (C=O) groups is 1. The minimum atomic E-state index is -0.400. The maximum absolute atomic E-state index is 11.2. The molecule has 1 aromatic carbocycles. The van der Waals surface area contributed by atoms with Gasteiger partial charge in [-0.1, -0.05) is 13.8 Å². The van der Waals surface area contributed by atoms with Crippen LogP contribution in [0.25, 0.3) is 0 Å². The zero-order valence-corrected chi connectivity index (χ0v) is 9.69. The molecule has 1 saturated carbocycles. The third kappa shape index (κ3) is 2.54. The van der Waals surface area contributed by atoms with E-state index in [0.29, 0.717) is 17.6 Å². The van der Waals surface area contributed by atoms with E-state index in [1.807, 2.05) is 12.1 Å². The lowest BCUT2D eigenvalue weighted by molar-refractivity contribution is 0.0999. The van der Waals surface area contributed by atoms with E-state index in [4.69, 9.17) is 10.5 Å². The van der Waals surface area contributed by atoms with E-state index in [1.54, 1.807) is 6.07 Å². The Morgan fingerprint density at radius 2 is 2.06 bits per heavy atom. The lowest BCUT2D eigenvalue weighted by Gasteiger charge is -2.11. The normalized spacial score (nSPS) is 15.2. The van der Waals surface area contributed by atoms with Crippen LogP contribution in [-0.2, 0) is 0 Å². The van der Waals surface area contributed by atoms with Crippen LogP contribution in [0.5, 0.6) is 5.75 Å². The van der Waals surface area contributed by atoms with E-state index in [-0.39, 0.29) is 0 Å². The summed E-state index contributed by atoms with van der Waals surface area (Å²) in [6.07, 6.45) is 2.55. The van der Waals surface area contributed by atoms with E-state index < -0.39 is 5.91 Å². The molecule has 1 aliphatic carbocycles. The van der Waals surface area contributed by atoms with Gasteiger partial charge in [-0.05, 0) is 42.5 Å². The molecule has 0 radical (unpaired) electrons. The van der Waals surface area contributed by atoms with Gasteiger partial charge in [0.15, 0.2) is 0 Å². The highest BCUT2D eigenvalue weighted by molar-refractivity contribution is 5.93. The number of rotatable bonds is 4. The first-order chi connectivity index (χ1) is 7.56. The number of carbonyl (C=O) groups excluding carboxylic acids is 1. The molecule has 0 heterocycles. The summed E-state index contributed by atoms with van der Waals surface area (Å²) in [6.45, 7) is 4.17. The fourth-order valence-corrected chi connectivity index (χ4v) is 1.54. The number of primary amides is 1. The van der Waals surface area contributed by atoms with E-state index in [2.05, 4.69) is 13.8 Å². The number of ether oxygens (including phenoxy) is 1. The second-order valence-corrected chi connectivity index (χ2v) is 4.63. The summed E-state index contributed by atoms with van der Waals surface area (Å²) in [5.41, 5.74) is 6.92. The molecule has 1 aromatic rings. The van der Waals surface area contributed by atoms with Crippen LogP contribution in [0.2, 0.25) is 0 Å². The van der Waals surface area contributed by atoms with Gasteiger partial charge in [0.1, 0.15) is 5.75 Å². The van der Waals surface area contributed by atoms with Crippen LogP contribution in [-0.4, -0.2) is 12.0 Å². The van der Waals surface area contributed by atoms with Crippen molar-refractivity contribution in [3.05, 3.63) is 29.3 Å². The summed E-state index contributed by atoms with van der Waals surface area (Å²) >= 11 is 0. The molecule has 3 nitrogen and oxygen atoms in total. The van der Waals surface area contributed by atoms with Gasteiger partial charge in [-0.2, -0.15) is 0 Å². The Morgan fingerprint density at radius 1 is 1.38 bits per heavy atom. The summed E-state index contributed by atoms with van der Waals surface area (Å²) < 4.78 is 5.70. The second kappa shape index (κ2) is 4.16. The van der Waals surface area contributed by atoms with Crippen molar-refractivity contribution >= 4 is 5.91 Å². The zero-order valence-electron chi connectivity index (χ0n) is 9.69. The molecule has 1 aliphatic rings. The van der Waals surface area contributed by atoms with Crippen molar-refractivity contribution in [2.24, 2.45) is 5.73 Å². The number of nitrogens with two attached hydrogens (primary N) is 1. The maximum atomic E-state index is 11.2. The molecule has 16 heavy (non-hydrogen) atoms. The molecule has 2 N–H and O–H groups in total. The van der Waals surface area contributed by atoms with Crippen LogP contribution in [0, 0.1) is 0 Å².